The number of rotatable bonds is 8. The van der Waals surface area contributed by atoms with Crippen molar-refractivity contribution in [3.8, 4) is 18.2 Å². The Morgan fingerprint density at radius 1 is 0.442 bits per heavy atom. The van der Waals surface area contributed by atoms with Crippen molar-refractivity contribution in [2.45, 2.75) is 369 Å². The molecule has 20 rings (SSSR count). The van der Waals surface area contributed by atoms with Gasteiger partial charge in [-0.15, -0.1) is 0 Å². The van der Waals surface area contributed by atoms with Gasteiger partial charge in [-0.25, -0.2) is 0 Å². The molecule has 4 heterocycles. The van der Waals surface area contributed by atoms with Gasteiger partial charge >= 0.3 is 0 Å². The van der Waals surface area contributed by atoms with E-state index in [0.29, 0.717) is 76.1 Å². The molecule has 1 aliphatic heterocycles. The van der Waals surface area contributed by atoms with Crippen LogP contribution in [0.15, 0.2) is 49.3 Å². The average molecular weight is 1650 g/mol. The molecule has 120 heavy (non-hydrogen) atoms. The maximum Gasteiger partial charge on any atom is 0.102 e. The van der Waals surface area contributed by atoms with Crippen LogP contribution in [0.1, 0.15) is 333 Å². The van der Waals surface area contributed by atoms with Crippen LogP contribution in [0.5, 0.6) is 0 Å². The zero-order valence-electron chi connectivity index (χ0n) is 77.3. The van der Waals surface area contributed by atoms with Gasteiger partial charge in [0.2, 0.25) is 0 Å². The van der Waals surface area contributed by atoms with E-state index in [-0.39, 0.29) is 39.5 Å². The maximum absolute atomic E-state index is 11.7. The molecule has 16 saturated carbocycles. The number of nitriles is 3. The van der Waals surface area contributed by atoms with Crippen LogP contribution in [0, 0.1) is 221 Å². The summed E-state index contributed by atoms with van der Waals surface area (Å²) in [6.07, 6.45) is 49.1. The van der Waals surface area contributed by atoms with Gasteiger partial charge in [0.05, 0.1) is 94.2 Å². The lowest BCUT2D eigenvalue weighted by Crippen LogP contribution is -2.54. The van der Waals surface area contributed by atoms with Gasteiger partial charge in [0.15, 0.2) is 0 Å². The van der Waals surface area contributed by atoms with Crippen LogP contribution in [0.2, 0.25) is 0 Å². The number of hydrogen-bond acceptors (Lipinski definition) is 13. The summed E-state index contributed by atoms with van der Waals surface area (Å²) in [4.78, 5) is 0. The summed E-state index contributed by atoms with van der Waals surface area (Å²) in [5, 5.41) is 107. The van der Waals surface area contributed by atoms with Crippen LogP contribution in [0.3, 0.4) is 0 Å². The number of nitrogens with one attached hydrogen (secondary N) is 1. The van der Waals surface area contributed by atoms with Crippen molar-refractivity contribution in [2.24, 2.45) is 187 Å². The topological polar surface area (TPSA) is 270 Å². The second kappa shape index (κ2) is 32.7. The lowest BCUT2D eigenvalue weighted by molar-refractivity contribution is -0.129. The second-order valence-corrected chi connectivity index (χ2v) is 49.0. The van der Waals surface area contributed by atoms with Gasteiger partial charge in [-0.2, -0.15) is 31.1 Å². The molecule has 17 aliphatic rings. The first-order valence-corrected chi connectivity index (χ1v) is 49.4. The van der Waals surface area contributed by atoms with Crippen molar-refractivity contribution < 1.29 is 35.4 Å². The summed E-state index contributed by atoms with van der Waals surface area (Å²) in [7, 11) is 0. The molecule has 0 bridgehead atoms. The van der Waals surface area contributed by atoms with E-state index in [9.17, 15) is 30.6 Å². The number of epoxide rings is 1. The molecule has 0 amide bonds. The zero-order valence-corrected chi connectivity index (χ0v) is 77.3. The smallest absolute Gasteiger partial charge is 0.102 e. The Bertz CT molecular complexity index is 4080. The van der Waals surface area contributed by atoms with E-state index in [2.05, 4.69) is 122 Å². The fraction of sp³-hybridized carbons (Fsp3) is 0.865. The molecule has 16 heteroatoms. The third-order valence-electron chi connectivity index (χ3n) is 40.7. The minimum absolute atomic E-state index is 0.155. The first kappa shape index (κ1) is 89.0. The Kier molecular flexibility index (Phi) is 24.2. The molecule has 3 aromatic heterocycles. The third-order valence-corrected chi connectivity index (χ3v) is 40.7. The van der Waals surface area contributed by atoms with Crippen LogP contribution in [0.25, 0.3) is 0 Å². The van der Waals surface area contributed by atoms with Gasteiger partial charge in [0.1, 0.15) is 18.2 Å². The molecule has 1 unspecified atom stereocenters. The molecule has 3 aromatic rings. The highest BCUT2D eigenvalue weighted by molar-refractivity contribution is 5.25. The second-order valence-electron chi connectivity index (χ2n) is 49.0. The van der Waals surface area contributed by atoms with E-state index in [1.54, 1.807) is 40.3 Å². The summed E-state index contributed by atoms with van der Waals surface area (Å²) >= 11 is 0. The fourth-order valence-electron chi connectivity index (χ4n) is 36.7. The summed E-state index contributed by atoms with van der Waals surface area (Å²) in [5.74, 6) is 21.5. The predicted octanol–water partition coefficient (Wildman–Crippen LogP) is 20.7. The maximum atomic E-state index is 11.7. The summed E-state index contributed by atoms with van der Waals surface area (Å²) < 4.78 is 9.47. The number of fused-ring (bicyclic) bond motifs is 20. The number of aromatic nitrogens is 6. The lowest BCUT2D eigenvalue weighted by atomic mass is 9.47. The van der Waals surface area contributed by atoms with Crippen LogP contribution < -0.4 is 0 Å². The third kappa shape index (κ3) is 16.5. The van der Waals surface area contributed by atoms with Crippen LogP contribution in [-0.2, 0) is 17.8 Å². The van der Waals surface area contributed by atoms with Crippen molar-refractivity contribution in [2.75, 3.05) is 6.61 Å². The van der Waals surface area contributed by atoms with Gasteiger partial charge in [-0.1, -0.05) is 67.5 Å². The van der Waals surface area contributed by atoms with Crippen molar-refractivity contribution in [3.05, 3.63) is 66.0 Å². The Hall–Kier alpha value is -4.44. The number of ether oxygens (including phenoxy) is 1. The zero-order chi connectivity index (χ0) is 85.8. The van der Waals surface area contributed by atoms with E-state index in [1.807, 2.05) is 33.8 Å². The monoisotopic (exact) mass is 1650 g/mol. The Balaban J connectivity index is 0.000000116. The van der Waals surface area contributed by atoms with Crippen molar-refractivity contribution in [1.82, 2.24) is 29.8 Å². The Labute approximate surface area is 723 Å². The summed E-state index contributed by atoms with van der Waals surface area (Å²) in [5.41, 5.74) is 1.26. The Morgan fingerprint density at radius 3 is 1.07 bits per heavy atom. The molecular weight excluding hydrogens is 1490 g/mol. The molecule has 1 saturated heterocycles. The first-order valence-electron chi connectivity index (χ1n) is 49.4. The molecule has 17 fully saturated rings. The van der Waals surface area contributed by atoms with Crippen molar-refractivity contribution in [1.29, 1.82) is 15.8 Å². The first-order chi connectivity index (χ1) is 56.5. The highest BCUT2D eigenvalue weighted by Gasteiger charge is 2.69. The number of aliphatic hydroxyl groups is 6. The molecular formula is C104H161N9O7. The standard InChI is InChI=1S/2C27H41N3O2.C23H38O2.C23H38O.C4H3N3/c2*1-17-11-23(27(4,32)16-30-15-18(13-28)14-29-30)26(3)10-8-21-20-7-9-25(2,31)12-19(20)5-6-22(21)24(17)26;1-14-11-19(23(4)13-25-23)22(3)10-8-17-16-7-9-21(2,24)12-15(16)5-6-18(17)20(14)22;1-14(2)20-12-15(3)21-19-7-6-16-13-22(4,24)10-8-17(16)18(19)9-11-23(20,21)5;5-1-4-2-6-7-3-4/h2*14-15,17,19-24,31-32H,5-12,16H2,1-4H3;14-20,24H,5-13H2,1-4H3;15-21,24H,1,6-13H2,2-5H3;2-3H,(H,6,7)/t17-,19-,20+,21-,22-,23+,24+,25-,26-,27+;17-,19-,20+,21-,22-,23+,24+,25-,26-,27-;14-,15-,16+,17-,18-,19+,20+,21-,22-,23?;15-,16-,17+,18-,19-,20-,21+,22-,23-;/m1111./s1. The largest absolute Gasteiger partial charge is 0.390 e. The van der Waals surface area contributed by atoms with Crippen molar-refractivity contribution >= 4 is 0 Å². The average Bonchev–Trinajstić information content (AvgIpc) is 1.55. The SMILES string of the molecule is C=C(C)[C@H]1C[C@@H](C)[C@H]2[C@@H]3CC[C@@H]4C[C@](C)(O)CC[C@@H]4[C@H]3CC[C@@]21C.C[C@@H]1C[C@H](C2(C)CO2)[C@@]2(C)CC[C@H]3[C@@H](CC[C@@H]4C[C@](C)(O)CC[C@@H]43)[C@H]12.C[C@@H]1C[C@H]([C@@](C)(O)Cn2cc(C#N)cn2)[C@@]2(C)CC[C@H]3[C@@H](CC[C@@H]4C[C@](C)(O)CC[C@@H]43)[C@H]12.C[C@@H]1C[C@H]([C@](C)(O)Cn2cc(C#N)cn2)[C@@]2(C)CC[C@H]3[C@@H](CC[C@@H]4C[C@](C)(O)CC[C@@H]43)[C@H]12.N#Cc1cn[nH]c1. The minimum Gasteiger partial charge on any atom is -0.390 e. The molecule has 0 aromatic carbocycles. The van der Waals surface area contributed by atoms with Crippen LogP contribution in [-0.4, -0.2) is 106 Å². The number of allylic oxidation sites excluding steroid dienone is 1. The Morgan fingerprint density at radius 2 is 0.758 bits per heavy atom. The van der Waals surface area contributed by atoms with E-state index < -0.39 is 22.4 Å². The van der Waals surface area contributed by atoms with Gasteiger partial charge in [0.25, 0.3) is 0 Å². The van der Waals surface area contributed by atoms with E-state index >= 15 is 0 Å². The molecule has 0 spiro atoms. The van der Waals surface area contributed by atoms with E-state index in [0.717, 1.165) is 189 Å². The predicted molar refractivity (Wildman–Crippen MR) is 471 cm³/mol. The molecule has 16 aliphatic carbocycles. The minimum atomic E-state index is -0.843. The quantitative estimate of drug-likeness (QED) is 0.0818. The van der Waals surface area contributed by atoms with Gasteiger partial charge in [-0.3, -0.25) is 14.5 Å². The molecule has 39 atom stereocenters. The molecule has 664 valence electrons. The van der Waals surface area contributed by atoms with E-state index in [4.69, 9.17) is 20.5 Å². The van der Waals surface area contributed by atoms with E-state index in [1.165, 1.54) is 153 Å². The van der Waals surface area contributed by atoms with Crippen molar-refractivity contribution in [3.63, 3.8) is 0 Å². The normalized spacial score (nSPS) is 50.5. The fourth-order valence-corrected chi connectivity index (χ4v) is 36.7. The highest BCUT2D eigenvalue weighted by Crippen LogP contribution is 2.74. The molecule has 7 N–H and O–H groups in total. The van der Waals surface area contributed by atoms with Crippen LogP contribution in [0.4, 0.5) is 0 Å². The highest BCUT2D eigenvalue weighted by atomic mass is 16.6. The molecule has 16 nitrogen and oxygen atoms in total. The number of aromatic amines is 1. The lowest BCUT2D eigenvalue weighted by Gasteiger charge is -2.58. The van der Waals surface area contributed by atoms with Gasteiger partial charge in [-0.05, 0) is 448 Å². The van der Waals surface area contributed by atoms with Crippen LogP contribution >= 0.6 is 0 Å². The van der Waals surface area contributed by atoms with Gasteiger partial charge < -0.3 is 35.4 Å². The summed E-state index contributed by atoms with van der Waals surface area (Å²) in [6.45, 7) is 43.3. The number of nitrogens with zero attached hydrogens (tertiary/aromatic N) is 8. The number of hydrogen-bond donors (Lipinski definition) is 7. The summed E-state index contributed by atoms with van der Waals surface area (Å²) in [6, 6.07) is 6.19. The molecule has 0 radical (unpaired) electrons. The van der Waals surface area contributed by atoms with Gasteiger partial charge in [0, 0.05) is 18.6 Å². The number of H-pyrrole nitrogens is 1.